The van der Waals surface area contributed by atoms with Gasteiger partial charge in [-0.15, -0.1) is 0 Å². The van der Waals surface area contributed by atoms with Crippen molar-refractivity contribution in [2.24, 2.45) is 0 Å². The summed E-state index contributed by atoms with van der Waals surface area (Å²) < 4.78 is 5.35. The van der Waals surface area contributed by atoms with Gasteiger partial charge >= 0.3 is 6.09 Å². The fraction of sp³-hybridized carbons (Fsp3) is 0.0952. The summed E-state index contributed by atoms with van der Waals surface area (Å²) in [6, 6.07) is 28.9. The number of ether oxygens (including phenoxy) is 1. The van der Waals surface area contributed by atoms with E-state index in [4.69, 9.17) is 4.74 Å². The molecule has 0 spiro atoms. The highest BCUT2D eigenvalue weighted by Gasteiger charge is 2.16. The summed E-state index contributed by atoms with van der Waals surface area (Å²) in [5, 5.41) is 2.97. The molecule has 1 amide bonds. The van der Waals surface area contributed by atoms with E-state index in [9.17, 15) is 4.79 Å². The largest absolute Gasteiger partial charge is 0.413 e. The molecule has 24 heavy (non-hydrogen) atoms. The van der Waals surface area contributed by atoms with Crippen molar-refractivity contribution in [2.75, 3.05) is 0 Å². The number of benzene rings is 3. The Kier molecular flexibility index (Phi) is 5.25. The minimum Gasteiger partial charge on any atom is -0.410 e. The molecule has 0 heterocycles. The fourth-order valence-corrected chi connectivity index (χ4v) is 2.55. The van der Waals surface area contributed by atoms with Crippen LogP contribution < -0.4 is 10.1 Å². The van der Waals surface area contributed by atoms with Crippen molar-refractivity contribution in [3.8, 4) is 5.75 Å². The Labute approximate surface area is 141 Å². The first kappa shape index (κ1) is 15.8. The number of nitrogens with one attached hydrogen (secondary N) is 1. The molecule has 1 atom stereocenters. The van der Waals surface area contributed by atoms with Gasteiger partial charge in [0.2, 0.25) is 0 Å². The van der Waals surface area contributed by atoms with Crippen LogP contribution in [0.2, 0.25) is 0 Å². The van der Waals surface area contributed by atoms with Crippen molar-refractivity contribution in [2.45, 2.75) is 12.5 Å². The first-order valence-electron chi connectivity index (χ1n) is 7.93. The SMILES string of the molecule is O=C(NC(Cc1ccccc1)c1ccccc1)Oc1ccccc1. The minimum atomic E-state index is -0.453. The third-order valence-electron chi connectivity index (χ3n) is 3.73. The average molecular weight is 317 g/mol. The molecule has 3 aromatic rings. The van der Waals surface area contributed by atoms with Crippen LogP contribution >= 0.6 is 0 Å². The summed E-state index contributed by atoms with van der Waals surface area (Å²) >= 11 is 0. The second-order valence-corrected chi connectivity index (χ2v) is 5.50. The van der Waals surface area contributed by atoms with Gasteiger partial charge in [-0.1, -0.05) is 78.9 Å². The third-order valence-corrected chi connectivity index (χ3v) is 3.73. The lowest BCUT2D eigenvalue weighted by Gasteiger charge is -2.19. The summed E-state index contributed by atoms with van der Waals surface area (Å²) in [6.45, 7) is 0. The molecule has 0 bridgehead atoms. The number of para-hydroxylation sites is 1. The van der Waals surface area contributed by atoms with Crippen LogP contribution in [0.25, 0.3) is 0 Å². The van der Waals surface area contributed by atoms with Crippen molar-refractivity contribution >= 4 is 6.09 Å². The van der Waals surface area contributed by atoms with Gasteiger partial charge in [0.25, 0.3) is 0 Å². The molecule has 0 aromatic heterocycles. The lowest BCUT2D eigenvalue weighted by Crippen LogP contribution is -2.32. The lowest BCUT2D eigenvalue weighted by atomic mass is 9.99. The molecular formula is C21H19NO2. The van der Waals surface area contributed by atoms with E-state index in [1.165, 1.54) is 0 Å². The van der Waals surface area contributed by atoms with Crippen LogP contribution in [0, 0.1) is 0 Å². The molecule has 0 aliphatic carbocycles. The normalized spacial score (nSPS) is 11.5. The Hall–Kier alpha value is -3.07. The molecule has 3 rings (SSSR count). The molecule has 0 radical (unpaired) electrons. The Bertz CT molecular complexity index is 758. The average Bonchev–Trinajstić information content (AvgIpc) is 2.63. The molecular weight excluding hydrogens is 298 g/mol. The Morgan fingerprint density at radius 3 is 1.96 bits per heavy atom. The number of carbonyl (C=O) groups is 1. The molecule has 0 saturated carbocycles. The van der Waals surface area contributed by atoms with E-state index in [2.05, 4.69) is 17.4 Å². The molecule has 1 unspecified atom stereocenters. The second-order valence-electron chi connectivity index (χ2n) is 5.50. The third kappa shape index (κ3) is 4.46. The van der Waals surface area contributed by atoms with E-state index in [1.54, 1.807) is 12.1 Å². The van der Waals surface area contributed by atoms with Crippen molar-refractivity contribution in [3.05, 3.63) is 102 Å². The Balaban J connectivity index is 1.73. The highest BCUT2D eigenvalue weighted by atomic mass is 16.6. The van der Waals surface area contributed by atoms with Crippen molar-refractivity contribution in [3.63, 3.8) is 0 Å². The van der Waals surface area contributed by atoms with Gasteiger partial charge in [0.1, 0.15) is 5.75 Å². The molecule has 3 heteroatoms. The highest BCUT2D eigenvalue weighted by Crippen LogP contribution is 2.19. The van der Waals surface area contributed by atoms with Crippen LogP contribution in [0.1, 0.15) is 17.2 Å². The standard InChI is InChI=1S/C21H19NO2/c23-21(24-19-14-8-3-9-15-19)22-20(18-12-6-2-7-13-18)16-17-10-4-1-5-11-17/h1-15,20H,16H2,(H,22,23). The molecule has 0 saturated heterocycles. The van der Waals surface area contributed by atoms with Gasteiger partial charge in [0.15, 0.2) is 0 Å². The lowest BCUT2D eigenvalue weighted by molar-refractivity contribution is 0.196. The molecule has 0 aliphatic heterocycles. The molecule has 120 valence electrons. The van der Waals surface area contributed by atoms with Gasteiger partial charge in [-0.25, -0.2) is 4.79 Å². The summed E-state index contributed by atoms with van der Waals surface area (Å²) in [5.74, 6) is 0.529. The maximum absolute atomic E-state index is 12.3. The number of rotatable bonds is 5. The van der Waals surface area contributed by atoms with E-state index >= 15 is 0 Å². The quantitative estimate of drug-likeness (QED) is 0.737. The molecule has 0 aliphatic rings. The van der Waals surface area contributed by atoms with Crippen LogP contribution in [0.15, 0.2) is 91.0 Å². The van der Waals surface area contributed by atoms with Crippen molar-refractivity contribution < 1.29 is 9.53 Å². The number of amides is 1. The number of hydrogen-bond donors (Lipinski definition) is 1. The zero-order valence-corrected chi connectivity index (χ0v) is 13.3. The summed E-state index contributed by atoms with van der Waals surface area (Å²) in [4.78, 5) is 12.3. The predicted molar refractivity (Wildman–Crippen MR) is 94.9 cm³/mol. The molecule has 1 N–H and O–H groups in total. The maximum Gasteiger partial charge on any atom is 0.413 e. The number of carbonyl (C=O) groups excluding carboxylic acids is 1. The fourth-order valence-electron chi connectivity index (χ4n) is 2.55. The van der Waals surface area contributed by atoms with Gasteiger partial charge in [-0.3, -0.25) is 0 Å². The van der Waals surface area contributed by atoms with Gasteiger partial charge in [0.05, 0.1) is 6.04 Å². The van der Waals surface area contributed by atoms with Crippen molar-refractivity contribution in [1.82, 2.24) is 5.32 Å². The summed E-state index contributed by atoms with van der Waals surface area (Å²) in [6.07, 6.45) is 0.250. The second kappa shape index (κ2) is 7.97. The minimum absolute atomic E-state index is 0.148. The Morgan fingerprint density at radius 2 is 1.33 bits per heavy atom. The van der Waals surface area contributed by atoms with Crippen LogP contribution in [0.5, 0.6) is 5.75 Å². The summed E-state index contributed by atoms with van der Waals surface area (Å²) in [5.41, 5.74) is 2.21. The van der Waals surface area contributed by atoms with E-state index < -0.39 is 6.09 Å². The van der Waals surface area contributed by atoms with Crippen LogP contribution in [0.3, 0.4) is 0 Å². The van der Waals surface area contributed by atoms with Gasteiger partial charge in [0, 0.05) is 0 Å². The van der Waals surface area contributed by atoms with Gasteiger partial charge < -0.3 is 10.1 Å². The monoisotopic (exact) mass is 317 g/mol. The summed E-state index contributed by atoms with van der Waals surface area (Å²) in [7, 11) is 0. The highest BCUT2D eigenvalue weighted by molar-refractivity contribution is 5.71. The Morgan fingerprint density at radius 1 is 0.792 bits per heavy atom. The zero-order chi connectivity index (χ0) is 16.6. The first-order chi connectivity index (χ1) is 11.8. The molecule has 3 aromatic carbocycles. The van der Waals surface area contributed by atoms with Gasteiger partial charge in [-0.05, 0) is 29.7 Å². The van der Waals surface area contributed by atoms with Gasteiger partial charge in [-0.2, -0.15) is 0 Å². The smallest absolute Gasteiger partial charge is 0.410 e. The maximum atomic E-state index is 12.3. The predicted octanol–water partition coefficient (Wildman–Crippen LogP) is 4.76. The molecule has 3 nitrogen and oxygen atoms in total. The molecule has 0 fully saturated rings. The van der Waals surface area contributed by atoms with Crippen molar-refractivity contribution in [1.29, 1.82) is 0 Å². The van der Waals surface area contributed by atoms with Crippen LogP contribution in [-0.2, 0) is 6.42 Å². The van der Waals surface area contributed by atoms with E-state index in [1.807, 2.05) is 66.7 Å². The van der Waals surface area contributed by atoms with E-state index in [0.717, 1.165) is 11.1 Å². The zero-order valence-electron chi connectivity index (χ0n) is 13.3. The van der Waals surface area contributed by atoms with Crippen LogP contribution in [0.4, 0.5) is 4.79 Å². The first-order valence-corrected chi connectivity index (χ1v) is 7.93. The van der Waals surface area contributed by atoms with Crippen LogP contribution in [-0.4, -0.2) is 6.09 Å². The number of hydrogen-bond acceptors (Lipinski definition) is 2. The van der Waals surface area contributed by atoms with E-state index in [0.29, 0.717) is 12.2 Å². The topological polar surface area (TPSA) is 38.3 Å². The van der Waals surface area contributed by atoms with E-state index in [-0.39, 0.29) is 6.04 Å².